The largest absolute Gasteiger partial charge is 0.481 e. The van der Waals surface area contributed by atoms with Crippen LogP contribution in [0.3, 0.4) is 0 Å². The number of benzene rings is 1. The van der Waals surface area contributed by atoms with Crippen LogP contribution in [0.15, 0.2) is 24.3 Å². The number of ether oxygens (including phenoxy) is 1. The second-order valence-corrected chi connectivity index (χ2v) is 5.23. The van der Waals surface area contributed by atoms with E-state index in [4.69, 9.17) is 0 Å². The molecule has 0 unspecified atom stereocenters. The van der Waals surface area contributed by atoms with E-state index in [2.05, 4.69) is 4.74 Å². The van der Waals surface area contributed by atoms with E-state index in [1.165, 1.54) is 29.2 Å². The summed E-state index contributed by atoms with van der Waals surface area (Å²) in [6, 6.07) is 4.98. The summed E-state index contributed by atoms with van der Waals surface area (Å²) in [5.41, 5.74) is 0.319. The van der Waals surface area contributed by atoms with Crippen molar-refractivity contribution in [3.8, 4) is 5.75 Å². The quantitative estimate of drug-likeness (QED) is 0.928. The smallest absolute Gasteiger partial charge is 0.387 e. The van der Waals surface area contributed by atoms with Crippen LogP contribution in [0.4, 0.5) is 8.78 Å². The molecule has 0 radical (unpaired) electrons. The van der Waals surface area contributed by atoms with E-state index < -0.39 is 24.5 Å². The molecule has 1 aromatic rings. The second kappa shape index (κ2) is 6.72. The van der Waals surface area contributed by atoms with Crippen molar-refractivity contribution in [3.63, 3.8) is 0 Å². The minimum Gasteiger partial charge on any atom is -0.481 e. The summed E-state index contributed by atoms with van der Waals surface area (Å²) in [7, 11) is 0. The summed E-state index contributed by atoms with van der Waals surface area (Å²) >= 11 is 0. The number of hydrogen-bond donors (Lipinski definition) is 1. The monoisotopic (exact) mass is 313 g/mol. The second-order valence-electron chi connectivity index (χ2n) is 5.23. The molecule has 2 atom stereocenters. The van der Waals surface area contributed by atoms with E-state index in [1.807, 2.05) is 0 Å². The van der Waals surface area contributed by atoms with Crippen LogP contribution in [-0.4, -0.2) is 41.1 Å². The van der Waals surface area contributed by atoms with E-state index in [1.54, 1.807) is 6.92 Å². The first-order valence-corrected chi connectivity index (χ1v) is 6.99. The van der Waals surface area contributed by atoms with Gasteiger partial charge in [0.25, 0.3) is 5.91 Å². The van der Waals surface area contributed by atoms with Gasteiger partial charge in [-0.15, -0.1) is 0 Å². The molecule has 120 valence electrons. The van der Waals surface area contributed by atoms with Crippen molar-refractivity contribution >= 4 is 11.9 Å². The maximum absolute atomic E-state index is 12.5. The van der Waals surface area contributed by atoms with Gasteiger partial charge < -0.3 is 14.7 Å². The van der Waals surface area contributed by atoms with Crippen molar-refractivity contribution in [2.75, 3.05) is 6.54 Å². The Bertz CT molecular complexity index is 547. The summed E-state index contributed by atoms with van der Waals surface area (Å²) in [6.45, 7) is -0.719. The molecule has 1 amide bonds. The maximum atomic E-state index is 12.5. The fourth-order valence-electron chi connectivity index (χ4n) is 2.70. The molecule has 1 aliphatic heterocycles. The molecule has 1 heterocycles. The van der Waals surface area contributed by atoms with Crippen LogP contribution >= 0.6 is 0 Å². The fourth-order valence-corrected chi connectivity index (χ4v) is 2.70. The number of nitrogens with zero attached hydrogens (tertiary/aromatic N) is 1. The standard InChI is InChI=1S/C15H17F2NO4/c1-9-12(14(20)21)3-2-8-18(9)13(19)10-4-6-11(7-5-10)22-15(16)17/h4-7,9,12,15H,2-3,8H2,1H3,(H,20,21)/t9-,12-/m1/s1. The van der Waals surface area contributed by atoms with Crippen LogP contribution in [0.1, 0.15) is 30.1 Å². The topological polar surface area (TPSA) is 66.8 Å². The highest BCUT2D eigenvalue weighted by Crippen LogP contribution is 2.26. The summed E-state index contributed by atoms with van der Waals surface area (Å²) in [4.78, 5) is 25.2. The SMILES string of the molecule is C[C@@H]1[C@H](C(=O)O)CCCN1C(=O)c1ccc(OC(F)F)cc1. The van der Waals surface area contributed by atoms with Gasteiger partial charge in [0.15, 0.2) is 0 Å². The number of amides is 1. The fraction of sp³-hybridized carbons (Fsp3) is 0.467. The summed E-state index contributed by atoms with van der Waals surface area (Å²) in [5, 5.41) is 9.17. The Balaban J connectivity index is 2.11. The van der Waals surface area contributed by atoms with E-state index in [-0.39, 0.29) is 11.7 Å². The van der Waals surface area contributed by atoms with Crippen LogP contribution in [0, 0.1) is 5.92 Å². The average Bonchev–Trinajstić information content (AvgIpc) is 2.46. The molecular formula is C15H17F2NO4. The molecule has 1 N–H and O–H groups in total. The van der Waals surface area contributed by atoms with Gasteiger partial charge in [-0.05, 0) is 44.0 Å². The first kappa shape index (κ1) is 16.2. The van der Waals surface area contributed by atoms with Crippen molar-refractivity contribution in [3.05, 3.63) is 29.8 Å². The Morgan fingerprint density at radius 3 is 2.50 bits per heavy atom. The van der Waals surface area contributed by atoms with Crippen LogP contribution in [0.25, 0.3) is 0 Å². The molecule has 0 bridgehead atoms. The van der Waals surface area contributed by atoms with Gasteiger partial charge in [0.1, 0.15) is 5.75 Å². The summed E-state index contributed by atoms with van der Waals surface area (Å²) < 4.78 is 28.4. The number of rotatable bonds is 4. The zero-order valence-electron chi connectivity index (χ0n) is 12.0. The number of halogens is 2. The third-order valence-electron chi connectivity index (χ3n) is 3.89. The normalized spacial score (nSPS) is 21.7. The predicted molar refractivity (Wildman–Crippen MR) is 73.9 cm³/mol. The van der Waals surface area contributed by atoms with E-state index in [0.29, 0.717) is 24.9 Å². The number of aliphatic carboxylic acids is 1. The average molecular weight is 313 g/mol. The number of piperidine rings is 1. The maximum Gasteiger partial charge on any atom is 0.387 e. The molecule has 0 spiro atoms. The van der Waals surface area contributed by atoms with Crippen molar-refractivity contribution in [1.82, 2.24) is 4.90 Å². The van der Waals surface area contributed by atoms with Crippen molar-refractivity contribution < 1.29 is 28.2 Å². The Morgan fingerprint density at radius 2 is 1.95 bits per heavy atom. The van der Waals surface area contributed by atoms with Gasteiger partial charge in [0.2, 0.25) is 0 Å². The zero-order valence-corrected chi connectivity index (χ0v) is 12.0. The molecule has 1 aromatic carbocycles. The van der Waals surface area contributed by atoms with Crippen molar-refractivity contribution in [2.24, 2.45) is 5.92 Å². The number of alkyl halides is 2. The van der Waals surface area contributed by atoms with Crippen LogP contribution in [0.5, 0.6) is 5.75 Å². The first-order valence-electron chi connectivity index (χ1n) is 6.99. The van der Waals surface area contributed by atoms with Gasteiger partial charge >= 0.3 is 12.6 Å². The molecule has 5 nitrogen and oxygen atoms in total. The van der Waals surface area contributed by atoms with Gasteiger partial charge in [0, 0.05) is 18.2 Å². The van der Waals surface area contributed by atoms with Crippen LogP contribution in [-0.2, 0) is 4.79 Å². The van der Waals surface area contributed by atoms with Crippen LogP contribution in [0.2, 0.25) is 0 Å². The van der Waals surface area contributed by atoms with Gasteiger partial charge in [-0.25, -0.2) is 0 Å². The molecule has 1 saturated heterocycles. The molecule has 7 heteroatoms. The molecule has 22 heavy (non-hydrogen) atoms. The summed E-state index contributed by atoms with van der Waals surface area (Å²) in [5.74, 6) is -1.83. The predicted octanol–water partition coefficient (Wildman–Crippen LogP) is 2.61. The Labute approximate surface area is 126 Å². The molecule has 1 fully saturated rings. The molecule has 0 saturated carbocycles. The number of hydrogen-bond acceptors (Lipinski definition) is 3. The van der Waals surface area contributed by atoms with E-state index in [0.717, 1.165) is 0 Å². The van der Waals surface area contributed by atoms with Gasteiger partial charge in [-0.1, -0.05) is 0 Å². The van der Waals surface area contributed by atoms with Gasteiger partial charge in [-0.2, -0.15) is 8.78 Å². The Morgan fingerprint density at radius 1 is 1.32 bits per heavy atom. The number of carbonyl (C=O) groups is 2. The van der Waals surface area contributed by atoms with Crippen molar-refractivity contribution in [2.45, 2.75) is 32.4 Å². The Kier molecular flexibility index (Phi) is 4.95. The lowest BCUT2D eigenvalue weighted by Crippen LogP contribution is -2.49. The molecule has 0 aliphatic carbocycles. The number of carboxylic acid groups (broad SMARTS) is 1. The minimum absolute atomic E-state index is 0.0262. The lowest BCUT2D eigenvalue weighted by molar-refractivity contribution is -0.144. The Hall–Kier alpha value is -2.18. The number of carbonyl (C=O) groups excluding carboxylic acids is 1. The lowest BCUT2D eigenvalue weighted by atomic mass is 9.90. The minimum atomic E-state index is -2.92. The van der Waals surface area contributed by atoms with Gasteiger partial charge in [-0.3, -0.25) is 9.59 Å². The highest BCUT2D eigenvalue weighted by Gasteiger charge is 2.35. The van der Waals surface area contributed by atoms with E-state index in [9.17, 15) is 23.5 Å². The zero-order chi connectivity index (χ0) is 16.3. The molecule has 1 aliphatic rings. The van der Waals surface area contributed by atoms with Gasteiger partial charge in [0.05, 0.1) is 5.92 Å². The third-order valence-corrected chi connectivity index (χ3v) is 3.89. The lowest BCUT2D eigenvalue weighted by Gasteiger charge is -2.37. The molecule has 2 rings (SSSR count). The van der Waals surface area contributed by atoms with Crippen molar-refractivity contribution in [1.29, 1.82) is 0 Å². The highest BCUT2D eigenvalue weighted by atomic mass is 19.3. The molecular weight excluding hydrogens is 296 g/mol. The molecule has 0 aromatic heterocycles. The first-order chi connectivity index (χ1) is 10.4. The number of carboxylic acids is 1. The third kappa shape index (κ3) is 3.52. The summed E-state index contributed by atoms with van der Waals surface area (Å²) in [6.07, 6.45) is 1.17. The number of likely N-dealkylation sites (tertiary alicyclic amines) is 1. The highest BCUT2D eigenvalue weighted by molar-refractivity contribution is 5.95. The van der Waals surface area contributed by atoms with E-state index >= 15 is 0 Å². The van der Waals surface area contributed by atoms with Crippen LogP contribution < -0.4 is 4.74 Å².